The molecular weight excluding hydrogens is 327 g/mol. The van der Waals surface area contributed by atoms with E-state index in [1.807, 2.05) is 42.5 Å². The number of benzene rings is 3. The van der Waals surface area contributed by atoms with Crippen LogP contribution in [0.15, 0.2) is 78.9 Å². The van der Waals surface area contributed by atoms with Gasteiger partial charge in [-0.3, -0.25) is 4.79 Å². The quantitative estimate of drug-likeness (QED) is 0.667. The molecule has 0 fully saturated rings. The van der Waals surface area contributed by atoms with E-state index in [0.717, 1.165) is 29.2 Å². The molecule has 0 unspecified atom stereocenters. The molecular formula is C22H21FN2O. The third kappa shape index (κ3) is 4.48. The predicted octanol–water partition coefficient (Wildman–Crippen LogP) is 5.16. The molecule has 3 nitrogen and oxygen atoms in total. The molecule has 0 aliphatic rings. The number of carbonyl (C=O) groups excluding carboxylic acids is 1. The highest BCUT2D eigenvalue weighted by Crippen LogP contribution is 2.26. The first-order chi connectivity index (χ1) is 12.7. The summed E-state index contributed by atoms with van der Waals surface area (Å²) in [6.45, 7) is 2.95. The van der Waals surface area contributed by atoms with Gasteiger partial charge in [0.2, 0.25) is 5.91 Å². The fourth-order valence-electron chi connectivity index (χ4n) is 2.84. The van der Waals surface area contributed by atoms with E-state index in [-0.39, 0.29) is 18.1 Å². The second-order valence-electron chi connectivity index (χ2n) is 5.98. The molecule has 4 heteroatoms. The molecule has 0 aliphatic carbocycles. The van der Waals surface area contributed by atoms with Crippen molar-refractivity contribution in [1.29, 1.82) is 0 Å². The van der Waals surface area contributed by atoms with E-state index in [1.165, 1.54) is 12.1 Å². The summed E-state index contributed by atoms with van der Waals surface area (Å²) in [5.41, 5.74) is 3.71. The Bertz CT molecular complexity index is 846. The summed E-state index contributed by atoms with van der Waals surface area (Å²) in [4.78, 5) is 14.3. The van der Waals surface area contributed by atoms with Gasteiger partial charge in [-0.15, -0.1) is 0 Å². The average Bonchev–Trinajstić information content (AvgIpc) is 2.66. The van der Waals surface area contributed by atoms with E-state index in [4.69, 9.17) is 0 Å². The number of hydrogen-bond donors (Lipinski definition) is 1. The zero-order chi connectivity index (χ0) is 18.4. The van der Waals surface area contributed by atoms with Crippen molar-refractivity contribution in [3.05, 3.63) is 90.2 Å². The van der Waals surface area contributed by atoms with Gasteiger partial charge in [-0.2, -0.15) is 0 Å². The van der Waals surface area contributed by atoms with Crippen LogP contribution < -0.4 is 10.2 Å². The van der Waals surface area contributed by atoms with Gasteiger partial charge < -0.3 is 10.2 Å². The van der Waals surface area contributed by atoms with Gasteiger partial charge in [0.1, 0.15) is 5.82 Å². The third-order valence-corrected chi connectivity index (χ3v) is 4.12. The van der Waals surface area contributed by atoms with Crippen molar-refractivity contribution in [3.63, 3.8) is 0 Å². The molecule has 1 amide bonds. The SMILES string of the molecule is CCN(c1ccccc1)c1ccc(NC(=O)Cc2ccc(F)cc2)cc1. The summed E-state index contributed by atoms with van der Waals surface area (Å²) in [5, 5.41) is 2.88. The van der Waals surface area contributed by atoms with Crippen molar-refractivity contribution < 1.29 is 9.18 Å². The van der Waals surface area contributed by atoms with Gasteiger partial charge >= 0.3 is 0 Å². The van der Waals surface area contributed by atoms with E-state index in [1.54, 1.807) is 12.1 Å². The molecule has 0 atom stereocenters. The number of nitrogens with zero attached hydrogens (tertiary/aromatic N) is 1. The monoisotopic (exact) mass is 348 g/mol. The van der Waals surface area contributed by atoms with Crippen LogP contribution in [-0.2, 0) is 11.2 Å². The maximum atomic E-state index is 12.9. The minimum atomic E-state index is -0.302. The molecule has 0 aromatic heterocycles. The van der Waals surface area contributed by atoms with Crippen molar-refractivity contribution in [1.82, 2.24) is 0 Å². The molecule has 0 radical (unpaired) electrons. The summed E-state index contributed by atoms with van der Waals surface area (Å²) in [7, 11) is 0. The molecule has 1 N–H and O–H groups in total. The van der Waals surface area contributed by atoms with E-state index in [9.17, 15) is 9.18 Å². The Morgan fingerprint density at radius 3 is 2.12 bits per heavy atom. The highest BCUT2D eigenvalue weighted by molar-refractivity contribution is 5.92. The molecule has 0 bridgehead atoms. The standard InChI is InChI=1S/C22H21FN2O/c1-2-25(20-6-4-3-5-7-20)21-14-12-19(13-15-21)24-22(26)16-17-8-10-18(23)11-9-17/h3-15H,2,16H2,1H3,(H,24,26). The van der Waals surface area contributed by atoms with Gasteiger partial charge in [0.25, 0.3) is 0 Å². The zero-order valence-electron chi connectivity index (χ0n) is 14.7. The van der Waals surface area contributed by atoms with Crippen LogP contribution in [0.1, 0.15) is 12.5 Å². The summed E-state index contributed by atoms with van der Waals surface area (Å²) in [5.74, 6) is -0.427. The van der Waals surface area contributed by atoms with Crippen molar-refractivity contribution >= 4 is 23.0 Å². The number of halogens is 1. The molecule has 3 aromatic carbocycles. The number of rotatable bonds is 6. The number of hydrogen-bond acceptors (Lipinski definition) is 2. The van der Waals surface area contributed by atoms with Crippen LogP contribution in [0.4, 0.5) is 21.5 Å². The Morgan fingerprint density at radius 2 is 1.50 bits per heavy atom. The molecule has 0 heterocycles. The number of carbonyl (C=O) groups is 1. The number of anilines is 3. The lowest BCUT2D eigenvalue weighted by atomic mass is 10.1. The molecule has 3 rings (SSSR count). The lowest BCUT2D eigenvalue weighted by Crippen LogP contribution is -2.16. The van der Waals surface area contributed by atoms with E-state index < -0.39 is 0 Å². The fourth-order valence-corrected chi connectivity index (χ4v) is 2.84. The third-order valence-electron chi connectivity index (χ3n) is 4.12. The van der Waals surface area contributed by atoms with Crippen LogP contribution in [0.2, 0.25) is 0 Å². The normalized spacial score (nSPS) is 10.4. The van der Waals surface area contributed by atoms with Crippen molar-refractivity contribution in [2.45, 2.75) is 13.3 Å². The minimum absolute atomic E-state index is 0.125. The first-order valence-corrected chi connectivity index (χ1v) is 8.62. The largest absolute Gasteiger partial charge is 0.342 e. The van der Waals surface area contributed by atoms with Crippen LogP contribution in [0, 0.1) is 5.82 Å². The molecule has 0 spiro atoms. The van der Waals surface area contributed by atoms with Gasteiger partial charge in [0.15, 0.2) is 0 Å². The number of nitrogens with one attached hydrogen (secondary N) is 1. The zero-order valence-corrected chi connectivity index (χ0v) is 14.7. The second kappa shape index (κ2) is 8.30. The lowest BCUT2D eigenvalue weighted by Gasteiger charge is -2.23. The van der Waals surface area contributed by atoms with Crippen LogP contribution in [-0.4, -0.2) is 12.5 Å². The second-order valence-corrected chi connectivity index (χ2v) is 5.98. The highest BCUT2D eigenvalue weighted by Gasteiger charge is 2.08. The van der Waals surface area contributed by atoms with Crippen molar-refractivity contribution in [2.24, 2.45) is 0 Å². The topological polar surface area (TPSA) is 32.3 Å². The van der Waals surface area contributed by atoms with Gasteiger partial charge in [0.05, 0.1) is 6.42 Å². The predicted molar refractivity (Wildman–Crippen MR) is 104 cm³/mol. The summed E-state index contributed by atoms with van der Waals surface area (Å²) in [6.07, 6.45) is 0.215. The Kier molecular flexibility index (Phi) is 5.64. The van der Waals surface area contributed by atoms with E-state index in [2.05, 4.69) is 29.3 Å². The highest BCUT2D eigenvalue weighted by atomic mass is 19.1. The molecule has 0 saturated heterocycles. The van der Waals surface area contributed by atoms with E-state index in [0.29, 0.717) is 0 Å². The maximum Gasteiger partial charge on any atom is 0.228 e. The lowest BCUT2D eigenvalue weighted by molar-refractivity contribution is -0.115. The Labute approximate surface area is 153 Å². The first kappa shape index (κ1) is 17.7. The van der Waals surface area contributed by atoms with Crippen molar-refractivity contribution in [3.8, 4) is 0 Å². The Morgan fingerprint density at radius 1 is 0.885 bits per heavy atom. The van der Waals surface area contributed by atoms with Crippen LogP contribution in [0.3, 0.4) is 0 Å². The molecule has 3 aromatic rings. The molecule has 0 saturated carbocycles. The summed E-state index contributed by atoms with van der Waals surface area (Å²) < 4.78 is 12.9. The Hall–Kier alpha value is -3.14. The molecule has 26 heavy (non-hydrogen) atoms. The van der Waals surface area contributed by atoms with Gasteiger partial charge in [-0.25, -0.2) is 4.39 Å². The Balaban J connectivity index is 1.65. The van der Waals surface area contributed by atoms with Gasteiger partial charge in [-0.1, -0.05) is 30.3 Å². The van der Waals surface area contributed by atoms with Crippen LogP contribution in [0.25, 0.3) is 0 Å². The van der Waals surface area contributed by atoms with E-state index >= 15 is 0 Å². The first-order valence-electron chi connectivity index (χ1n) is 8.62. The smallest absolute Gasteiger partial charge is 0.228 e. The van der Waals surface area contributed by atoms with Crippen molar-refractivity contribution in [2.75, 3.05) is 16.8 Å². The van der Waals surface area contributed by atoms with Crippen LogP contribution >= 0.6 is 0 Å². The maximum absolute atomic E-state index is 12.9. The average molecular weight is 348 g/mol. The fraction of sp³-hybridized carbons (Fsp3) is 0.136. The number of amides is 1. The molecule has 0 aliphatic heterocycles. The summed E-state index contributed by atoms with van der Waals surface area (Å²) >= 11 is 0. The summed E-state index contributed by atoms with van der Waals surface area (Å²) in [6, 6.07) is 23.9. The van der Waals surface area contributed by atoms with Crippen LogP contribution in [0.5, 0.6) is 0 Å². The minimum Gasteiger partial charge on any atom is -0.342 e. The number of para-hydroxylation sites is 1. The van der Waals surface area contributed by atoms with Gasteiger partial charge in [0, 0.05) is 23.6 Å². The van der Waals surface area contributed by atoms with Gasteiger partial charge in [-0.05, 0) is 61.0 Å². The molecule has 132 valence electrons.